The Bertz CT molecular complexity index is 402. The number of likely N-dealkylation sites (N-methyl/N-ethyl adjacent to an activating group) is 1. The van der Waals surface area contributed by atoms with Gasteiger partial charge in [-0.2, -0.15) is 0 Å². The van der Waals surface area contributed by atoms with Crippen molar-refractivity contribution in [2.75, 3.05) is 24.6 Å². The Morgan fingerprint density at radius 3 is 2.47 bits per heavy atom. The van der Waals surface area contributed by atoms with Gasteiger partial charge in [-0.05, 0) is 45.4 Å². The molecule has 0 aliphatic carbocycles. The molecular formula is C15H25ClN2O. The zero-order valence-electron chi connectivity index (χ0n) is 12.3. The van der Waals surface area contributed by atoms with Gasteiger partial charge in [0.15, 0.2) is 0 Å². The van der Waals surface area contributed by atoms with Gasteiger partial charge in [-0.3, -0.25) is 0 Å². The van der Waals surface area contributed by atoms with E-state index in [1.165, 1.54) is 0 Å². The van der Waals surface area contributed by atoms with E-state index in [9.17, 15) is 0 Å². The van der Waals surface area contributed by atoms with Crippen molar-refractivity contribution >= 4 is 17.3 Å². The van der Waals surface area contributed by atoms with Gasteiger partial charge < -0.3 is 15.3 Å². The highest BCUT2D eigenvalue weighted by atomic mass is 35.5. The van der Waals surface area contributed by atoms with Crippen LogP contribution in [-0.4, -0.2) is 30.3 Å². The molecule has 0 heterocycles. The van der Waals surface area contributed by atoms with E-state index in [-0.39, 0.29) is 12.1 Å². The summed E-state index contributed by atoms with van der Waals surface area (Å²) in [5.74, 6) is 0. The molecule has 0 atom stereocenters. The Labute approximate surface area is 121 Å². The first-order valence-electron chi connectivity index (χ1n) is 6.76. The van der Waals surface area contributed by atoms with Gasteiger partial charge in [0, 0.05) is 35.9 Å². The monoisotopic (exact) mass is 284 g/mol. The maximum atomic E-state index is 9.04. The normalized spacial score (nSPS) is 11.7. The average Bonchev–Trinajstić information content (AvgIpc) is 2.33. The zero-order valence-corrected chi connectivity index (χ0v) is 13.1. The van der Waals surface area contributed by atoms with Crippen LogP contribution in [0.1, 0.15) is 33.3 Å². The SMILES string of the molecule is CCN(CCO)c1ccc(CNC(C)(C)C)c(Cl)c1. The summed E-state index contributed by atoms with van der Waals surface area (Å²) in [6, 6.07) is 6.08. The van der Waals surface area contributed by atoms with Crippen LogP contribution in [0.5, 0.6) is 0 Å². The Balaban J connectivity index is 2.79. The highest BCUT2D eigenvalue weighted by molar-refractivity contribution is 6.31. The van der Waals surface area contributed by atoms with Gasteiger partial charge in [0.2, 0.25) is 0 Å². The Kier molecular flexibility index (Phi) is 6.11. The third kappa shape index (κ3) is 5.39. The number of nitrogens with one attached hydrogen (secondary N) is 1. The van der Waals surface area contributed by atoms with Crippen molar-refractivity contribution in [1.29, 1.82) is 0 Å². The first-order valence-corrected chi connectivity index (χ1v) is 7.14. The quantitative estimate of drug-likeness (QED) is 0.843. The molecule has 1 rings (SSSR count). The van der Waals surface area contributed by atoms with E-state index in [1.54, 1.807) is 0 Å². The van der Waals surface area contributed by atoms with Crippen LogP contribution in [0.2, 0.25) is 5.02 Å². The van der Waals surface area contributed by atoms with Crippen LogP contribution in [0.15, 0.2) is 18.2 Å². The Hall–Kier alpha value is -0.770. The molecule has 0 aliphatic heterocycles. The molecule has 108 valence electrons. The topological polar surface area (TPSA) is 35.5 Å². The minimum atomic E-state index is 0.0777. The van der Waals surface area contributed by atoms with Crippen LogP contribution < -0.4 is 10.2 Å². The molecule has 0 unspecified atom stereocenters. The molecule has 0 saturated carbocycles. The van der Waals surface area contributed by atoms with E-state index < -0.39 is 0 Å². The summed E-state index contributed by atoms with van der Waals surface area (Å²) in [5, 5.41) is 13.2. The van der Waals surface area contributed by atoms with E-state index in [2.05, 4.69) is 50.0 Å². The highest BCUT2D eigenvalue weighted by Gasteiger charge is 2.11. The number of aliphatic hydroxyl groups excluding tert-OH is 1. The molecule has 0 fully saturated rings. The third-order valence-electron chi connectivity index (χ3n) is 2.96. The van der Waals surface area contributed by atoms with Gasteiger partial charge >= 0.3 is 0 Å². The van der Waals surface area contributed by atoms with Crippen molar-refractivity contribution in [3.63, 3.8) is 0 Å². The number of halogens is 1. The van der Waals surface area contributed by atoms with Crippen molar-refractivity contribution in [1.82, 2.24) is 5.32 Å². The number of hydrogen-bond acceptors (Lipinski definition) is 3. The van der Waals surface area contributed by atoms with Gasteiger partial charge in [0.25, 0.3) is 0 Å². The molecule has 0 saturated heterocycles. The fourth-order valence-electron chi connectivity index (χ4n) is 1.83. The van der Waals surface area contributed by atoms with Gasteiger partial charge in [0.05, 0.1) is 6.61 Å². The fourth-order valence-corrected chi connectivity index (χ4v) is 2.07. The molecule has 0 aliphatic rings. The average molecular weight is 285 g/mol. The first-order chi connectivity index (χ1) is 8.87. The number of hydrogen-bond donors (Lipinski definition) is 2. The predicted octanol–water partition coefficient (Wildman–Crippen LogP) is 3.05. The third-order valence-corrected chi connectivity index (χ3v) is 3.31. The maximum Gasteiger partial charge on any atom is 0.0606 e. The summed E-state index contributed by atoms with van der Waals surface area (Å²) in [4.78, 5) is 2.10. The minimum Gasteiger partial charge on any atom is -0.395 e. The first kappa shape index (κ1) is 16.3. The van der Waals surface area contributed by atoms with Crippen molar-refractivity contribution in [2.24, 2.45) is 0 Å². The van der Waals surface area contributed by atoms with Gasteiger partial charge in [-0.25, -0.2) is 0 Å². The number of aliphatic hydroxyl groups is 1. The van der Waals surface area contributed by atoms with Gasteiger partial charge in [-0.1, -0.05) is 17.7 Å². The van der Waals surface area contributed by atoms with Crippen molar-refractivity contribution in [3.05, 3.63) is 28.8 Å². The van der Waals surface area contributed by atoms with Crippen molar-refractivity contribution < 1.29 is 5.11 Å². The second kappa shape index (κ2) is 7.13. The standard InChI is InChI=1S/C15H25ClN2O/c1-5-18(8-9-19)13-7-6-12(14(16)10-13)11-17-15(2,3)4/h6-7,10,17,19H,5,8-9,11H2,1-4H3. The van der Waals surface area contributed by atoms with Crippen LogP contribution in [0.4, 0.5) is 5.69 Å². The molecule has 1 aromatic carbocycles. The van der Waals surface area contributed by atoms with E-state index in [1.807, 2.05) is 6.07 Å². The van der Waals surface area contributed by atoms with E-state index in [4.69, 9.17) is 16.7 Å². The lowest BCUT2D eigenvalue weighted by Gasteiger charge is -2.24. The summed E-state index contributed by atoms with van der Waals surface area (Å²) in [7, 11) is 0. The van der Waals surface area contributed by atoms with Crippen LogP contribution in [0, 0.1) is 0 Å². The van der Waals surface area contributed by atoms with E-state index in [0.29, 0.717) is 6.54 Å². The summed E-state index contributed by atoms with van der Waals surface area (Å²) < 4.78 is 0. The zero-order chi connectivity index (χ0) is 14.5. The Morgan fingerprint density at radius 2 is 2.00 bits per heavy atom. The summed E-state index contributed by atoms with van der Waals surface area (Å²) in [5.41, 5.74) is 2.23. The summed E-state index contributed by atoms with van der Waals surface area (Å²) >= 11 is 6.33. The number of nitrogens with zero attached hydrogens (tertiary/aromatic N) is 1. The van der Waals surface area contributed by atoms with Crippen molar-refractivity contribution in [3.8, 4) is 0 Å². The van der Waals surface area contributed by atoms with Crippen LogP contribution in [-0.2, 0) is 6.54 Å². The molecule has 4 heteroatoms. The largest absolute Gasteiger partial charge is 0.395 e. The van der Waals surface area contributed by atoms with E-state index >= 15 is 0 Å². The lowest BCUT2D eigenvalue weighted by Crippen LogP contribution is -2.35. The van der Waals surface area contributed by atoms with Crippen molar-refractivity contribution in [2.45, 2.75) is 39.8 Å². The number of benzene rings is 1. The second-order valence-electron chi connectivity index (χ2n) is 5.68. The molecule has 0 aromatic heterocycles. The molecule has 1 aromatic rings. The number of anilines is 1. The molecule has 0 amide bonds. The highest BCUT2D eigenvalue weighted by Crippen LogP contribution is 2.24. The number of rotatable bonds is 6. The smallest absolute Gasteiger partial charge is 0.0606 e. The predicted molar refractivity (Wildman–Crippen MR) is 83.0 cm³/mol. The lowest BCUT2D eigenvalue weighted by atomic mass is 10.1. The molecule has 19 heavy (non-hydrogen) atoms. The minimum absolute atomic E-state index is 0.0777. The Morgan fingerprint density at radius 1 is 1.32 bits per heavy atom. The molecular weight excluding hydrogens is 260 g/mol. The van der Waals surface area contributed by atoms with Crippen LogP contribution in [0.25, 0.3) is 0 Å². The molecule has 0 radical (unpaired) electrons. The van der Waals surface area contributed by atoms with Gasteiger partial charge in [-0.15, -0.1) is 0 Å². The molecule has 3 nitrogen and oxygen atoms in total. The molecule has 0 spiro atoms. The van der Waals surface area contributed by atoms with Crippen LogP contribution >= 0.6 is 11.6 Å². The molecule has 2 N–H and O–H groups in total. The summed E-state index contributed by atoms with van der Waals surface area (Å²) in [6.45, 7) is 10.9. The fraction of sp³-hybridized carbons (Fsp3) is 0.600. The summed E-state index contributed by atoms with van der Waals surface area (Å²) in [6.07, 6.45) is 0. The van der Waals surface area contributed by atoms with Gasteiger partial charge in [0.1, 0.15) is 0 Å². The van der Waals surface area contributed by atoms with E-state index in [0.717, 1.165) is 29.4 Å². The molecule has 0 bridgehead atoms. The second-order valence-corrected chi connectivity index (χ2v) is 6.09. The lowest BCUT2D eigenvalue weighted by molar-refractivity contribution is 0.302. The maximum absolute atomic E-state index is 9.04. The van der Waals surface area contributed by atoms with Crippen LogP contribution in [0.3, 0.4) is 0 Å².